The summed E-state index contributed by atoms with van der Waals surface area (Å²) in [5.74, 6) is -1.18. The number of carboxylic acids is 1. The summed E-state index contributed by atoms with van der Waals surface area (Å²) < 4.78 is 1.63. The number of benzene rings is 2. The number of aromatic nitrogens is 1. The highest BCUT2D eigenvalue weighted by molar-refractivity contribution is 7.73. The molecule has 0 saturated carbocycles. The van der Waals surface area contributed by atoms with Gasteiger partial charge in [-0.15, -0.1) is 11.3 Å². The van der Waals surface area contributed by atoms with Gasteiger partial charge in [0.2, 0.25) is 5.88 Å². The maximum absolute atomic E-state index is 11.9. The van der Waals surface area contributed by atoms with E-state index >= 15 is 0 Å². The molecule has 1 atom stereocenters. The van der Waals surface area contributed by atoms with Crippen molar-refractivity contribution in [2.24, 2.45) is 4.99 Å². The number of carboxylic acid groups (broad SMARTS) is 1. The third kappa shape index (κ3) is 3.42. The Morgan fingerprint density at radius 3 is 2.64 bits per heavy atom. The van der Waals surface area contributed by atoms with Gasteiger partial charge in [0.1, 0.15) is 6.04 Å². The Balaban J connectivity index is 1.73. The van der Waals surface area contributed by atoms with Gasteiger partial charge in [-0.3, -0.25) is 9.56 Å². The summed E-state index contributed by atoms with van der Waals surface area (Å²) in [6.07, 6.45) is 3.76. The van der Waals surface area contributed by atoms with Crippen LogP contribution in [0.15, 0.2) is 59.6 Å². The van der Waals surface area contributed by atoms with Gasteiger partial charge in [-0.2, -0.15) is 0 Å². The molecule has 0 bridgehead atoms. The van der Waals surface area contributed by atoms with E-state index < -0.39 is 12.0 Å². The highest BCUT2D eigenvalue weighted by atomic mass is 32.1. The molecule has 3 aromatic rings. The second kappa shape index (κ2) is 7.53. The number of rotatable bonds is 5. The molecule has 1 aromatic heterocycles. The van der Waals surface area contributed by atoms with Gasteiger partial charge in [0.15, 0.2) is 3.95 Å². The maximum Gasteiger partial charge on any atom is 0.327 e. The standard InChI is InChI=1S/C21H16N2O3S2/c24-19-18(11-14-12-22-16-9-5-4-8-15(14)16)28-21(27)23(19)17(20(25)26)10-13-6-2-1-3-7-13/h1-9,11-12,17,24H,10H2,(H,25,26)/b14-11-. The van der Waals surface area contributed by atoms with Gasteiger partial charge in [-0.1, -0.05) is 48.5 Å². The van der Waals surface area contributed by atoms with Crippen molar-refractivity contribution in [3.05, 3.63) is 74.6 Å². The molecule has 4 rings (SSSR count). The Hall–Kier alpha value is -3.03. The number of aliphatic carboxylic acids is 1. The molecule has 1 aliphatic heterocycles. The largest absolute Gasteiger partial charge is 0.493 e. The Labute approximate surface area is 170 Å². The van der Waals surface area contributed by atoms with E-state index in [1.54, 1.807) is 12.3 Å². The summed E-state index contributed by atoms with van der Waals surface area (Å²) in [6, 6.07) is 16.0. The number of para-hydroxylation sites is 1. The van der Waals surface area contributed by atoms with E-state index in [1.165, 1.54) is 15.9 Å². The van der Waals surface area contributed by atoms with Gasteiger partial charge in [0, 0.05) is 23.8 Å². The van der Waals surface area contributed by atoms with Crippen LogP contribution >= 0.6 is 23.6 Å². The fraction of sp³-hybridized carbons (Fsp3) is 0.0952. The summed E-state index contributed by atoms with van der Waals surface area (Å²) >= 11 is 6.57. The third-order valence-electron chi connectivity index (χ3n) is 4.56. The van der Waals surface area contributed by atoms with Crippen LogP contribution in [-0.4, -0.2) is 27.0 Å². The van der Waals surface area contributed by atoms with Crippen molar-refractivity contribution >= 4 is 53.1 Å². The van der Waals surface area contributed by atoms with E-state index in [1.807, 2.05) is 54.6 Å². The van der Waals surface area contributed by atoms with Crippen LogP contribution in [-0.2, 0) is 11.2 Å². The average Bonchev–Trinajstić information content (AvgIpc) is 3.22. The second-order valence-electron chi connectivity index (χ2n) is 6.34. The number of hydrogen-bond acceptors (Lipinski definition) is 5. The van der Waals surface area contributed by atoms with Crippen molar-refractivity contribution in [2.75, 3.05) is 0 Å². The van der Waals surface area contributed by atoms with Gasteiger partial charge in [0.05, 0.1) is 10.6 Å². The number of thiazole rings is 1. The fourth-order valence-electron chi connectivity index (χ4n) is 3.18. The molecule has 0 aliphatic carbocycles. The minimum atomic E-state index is -1.04. The molecule has 0 saturated heterocycles. The smallest absolute Gasteiger partial charge is 0.327 e. The van der Waals surface area contributed by atoms with Gasteiger partial charge >= 0.3 is 5.97 Å². The molecule has 2 N–H and O–H groups in total. The molecule has 7 heteroatoms. The number of aliphatic imine (C=N–C) groups is 1. The monoisotopic (exact) mass is 408 g/mol. The molecular formula is C21H16N2O3S2. The first kappa shape index (κ1) is 18.3. The number of fused-ring (bicyclic) bond motifs is 1. The van der Waals surface area contributed by atoms with Gasteiger partial charge < -0.3 is 10.2 Å². The SMILES string of the molecule is O=C(O)C(Cc1ccccc1)n1c(O)c(/C=C2/C=Nc3ccccc32)sc1=S. The average molecular weight is 409 g/mol. The molecule has 140 valence electrons. The van der Waals surface area contributed by atoms with Crippen LogP contribution in [0.25, 0.3) is 11.6 Å². The number of allylic oxidation sites excluding steroid dienone is 1. The summed E-state index contributed by atoms with van der Waals surface area (Å²) in [4.78, 5) is 16.8. The normalized spacial score (nSPS) is 14.9. The lowest BCUT2D eigenvalue weighted by Crippen LogP contribution is -2.21. The summed E-state index contributed by atoms with van der Waals surface area (Å²) in [5, 5.41) is 20.5. The van der Waals surface area contributed by atoms with Gasteiger partial charge in [-0.25, -0.2) is 4.79 Å². The zero-order chi connectivity index (χ0) is 19.7. The van der Waals surface area contributed by atoms with Crippen LogP contribution < -0.4 is 0 Å². The number of hydrogen-bond donors (Lipinski definition) is 2. The molecule has 0 radical (unpaired) electrons. The van der Waals surface area contributed by atoms with E-state index in [4.69, 9.17) is 12.2 Å². The first-order valence-corrected chi connectivity index (χ1v) is 9.83. The topological polar surface area (TPSA) is 74.8 Å². The zero-order valence-corrected chi connectivity index (χ0v) is 16.3. The Kier molecular flexibility index (Phi) is 4.93. The molecule has 0 amide bonds. The molecule has 1 aliphatic rings. The van der Waals surface area contributed by atoms with Crippen LogP contribution in [0.1, 0.15) is 22.0 Å². The summed E-state index contributed by atoms with van der Waals surface area (Å²) in [6.45, 7) is 0. The Morgan fingerprint density at radius 2 is 1.89 bits per heavy atom. The lowest BCUT2D eigenvalue weighted by Gasteiger charge is -2.15. The second-order valence-corrected chi connectivity index (χ2v) is 8.02. The molecule has 5 nitrogen and oxygen atoms in total. The fourth-order valence-corrected chi connectivity index (χ4v) is 4.54. The first-order chi connectivity index (χ1) is 13.5. The van der Waals surface area contributed by atoms with Crippen molar-refractivity contribution in [1.82, 2.24) is 4.57 Å². The Morgan fingerprint density at radius 1 is 1.18 bits per heavy atom. The predicted octanol–water partition coefficient (Wildman–Crippen LogP) is 5.11. The zero-order valence-electron chi connectivity index (χ0n) is 14.6. The number of carbonyl (C=O) groups is 1. The van der Waals surface area contributed by atoms with E-state index in [0.29, 0.717) is 8.83 Å². The molecule has 0 fully saturated rings. The van der Waals surface area contributed by atoms with Gasteiger partial charge in [-0.05, 0) is 29.9 Å². The molecule has 0 spiro atoms. The van der Waals surface area contributed by atoms with Crippen molar-refractivity contribution < 1.29 is 15.0 Å². The quantitative estimate of drug-likeness (QED) is 0.575. The van der Waals surface area contributed by atoms with Gasteiger partial charge in [0.25, 0.3) is 0 Å². The first-order valence-electron chi connectivity index (χ1n) is 8.61. The van der Waals surface area contributed by atoms with Crippen LogP contribution in [0.3, 0.4) is 0 Å². The van der Waals surface area contributed by atoms with E-state index in [0.717, 1.165) is 22.4 Å². The lowest BCUT2D eigenvalue weighted by atomic mass is 10.1. The van der Waals surface area contributed by atoms with Crippen LogP contribution in [0.2, 0.25) is 0 Å². The summed E-state index contributed by atoms with van der Waals surface area (Å²) in [5.41, 5.74) is 3.54. The van der Waals surface area contributed by atoms with Crippen LogP contribution in [0, 0.1) is 3.95 Å². The minimum absolute atomic E-state index is 0.136. The lowest BCUT2D eigenvalue weighted by molar-refractivity contribution is -0.141. The molecule has 28 heavy (non-hydrogen) atoms. The third-order valence-corrected chi connectivity index (χ3v) is 5.89. The molecule has 1 unspecified atom stereocenters. The van der Waals surface area contributed by atoms with Crippen molar-refractivity contribution in [3.8, 4) is 5.88 Å². The number of aromatic hydroxyl groups is 1. The van der Waals surface area contributed by atoms with Crippen LogP contribution in [0.4, 0.5) is 5.69 Å². The number of nitrogens with zero attached hydrogens (tertiary/aromatic N) is 2. The van der Waals surface area contributed by atoms with Crippen LogP contribution in [0.5, 0.6) is 5.88 Å². The maximum atomic E-state index is 11.9. The van der Waals surface area contributed by atoms with Crippen molar-refractivity contribution in [1.29, 1.82) is 0 Å². The van der Waals surface area contributed by atoms with E-state index in [2.05, 4.69) is 4.99 Å². The van der Waals surface area contributed by atoms with Crippen molar-refractivity contribution in [2.45, 2.75) is 12.5 Å². The summed E-state index contributed by atoms with van der Waals surface area (Å²) in [7, 11) is 0. The Bertz CT molecular complexity index is 1160. The predicted molar refractivity (Wildman–Crippen MR) is 114 cm³/mol. The van der Waals surface area contributed by atoms with E-state index in [-0.39, 0.29) is 12.3 Å². The molecular weight excluding hydrogens is 392 g/mol. The molecule has 2 aromatic carbocycles. The molecule has 2 heterocycles. The van der Waals surface area contributed by atoms with Crippen molar-refractivity contribution in [3.63, 3.8) is 0 Å². The minimum Gasteiger partial charge on any atom is -0.493 e. The van der Waals surface area contributed by atoms with E-state index in [9.17, 15) is 15.0 Å². The highest BCUT2D eigenvalue weighted by Gasteiger charge is 2.26. The highest BCUT2D eigenvalue weighted by Crippen LogP contribution is 2.37.